The minimum Gasteiger partial charge on any atom is -0.331 e. The number of thiol groups is 1. The molecule has 1 aromatic carbocycles. The van der Waals surface area contributed by atoms with Crippen LogP contribution in [0.25, 0.3) is 6.08 Å². The van der Waals surface area contributed by atoms with Crippen molar-refractivity contribution in [2.45, 2.75) is 39.5 Å². The van der Waals surface area contributed by atoms with Gasteiger partial charge in [0.2, 0.25) is 0 Å². The third-order valence-corrected chi connectivity index (χ3v) is 6.34. The van der Waals surface area contributed by atoms with Gasteiger partial charge in [-0.3, -0.25) is 4.99 Å². The summed E-state index contributed by atoms with van der Waals surface area (Å²) in [5.74, 6) is 0.862. The highest BCUT2D eigenvalue weighted by Crippen LogP contribution is 2.39. The van der Waals surface area contributed by atoms with E-state index in [1.807, 2.05) is 6.92 Å². The van der Waals surface area contributed by atoms with Crippen molar-refractivity contribution in [1.82, 2.24) is 0 Å². The second-order valence-corrected chi connectivity index (χ2v) is 8.55. The quantitative estimate of drug-likeness (QED) is 0.666. The first-order valence-corrected chi connectivity index (χ1v) is 10.7. The average molecular weight is 401 g/mol. The van der Waals surface area contributed by atoms with Crippen LogP contribution in [-0.2, 0) is 0 Å². The smallest absolute Gasteiger partial charge is 0.103 e. The predicted molar refractivity (Wildman–Crippen MR) is 122 cm³/mol. The maximum absolute atomic E-state index is 6.42. The molecule has 2 unspecified atom stereocenters. The van der Waals surface area contributed by atoms with E-state index in [0.29, 0.717) is 6.54 Å². The Kier molecular flexibility index (Phi) is 6.42. The van der Waals surface area contributed by atoms with Gasteiger partial charge in [0.15, 0.2) is 0 Å². The van der Waals surface area contributed by atoms with Gasteiger partial charge in [0.05, 0.1) is 24.6 Å². The third kappa shape index (κ3) is 4.14. The van der Waals surface area contributed by atoms with E-state index in [2.05, 4.69) is 67.8 Å². The summed E-state index contributed by atoms with van der Waals surface area (Å²) in [6, 6.07) is 8.55. The van der Waals surface area contributed by atoms with Crippen LogP contribution in [-0.4, -0.2) is 30.3 Å². The number of benzene rings is 1. The molecule has 0 spiro atoms. The van der Waals surface area contributed by atoms with Crippen LogP contribution in [0.4, 0.5) is 5.00 Å². The highest BCUT2D eigenvalue weighted by molar-refractivity contribution is 7.80. The van der Waals surface area contributed by atoms with Crippen molar-refractivity contribution in [1.29, 1.82) is 0 Å². The summed E-state index contributed by atoms with van der Waals surface area (Å²) in [7, 11) is 0. The van der Waals surface area contributed by atoms with Crippen molar-refractivity contribution in [3.8, 4) is 0 Å². The molecule has 144 valence electrons. The molecule has 2 aromatic rings. The van der Waals surface area contributed by atoms with Gasteiger partial charge < -0.3 is 16.4 Å². The van der Waals surface area contributed by atoms with E-state index in [1.54, 1.807) is 11.3 Å². The van der Waals surface area contributed by atoms with Gasteiger partial charge in [-0.25, -0.2) is 0 Å². The fraction of sp³-hybridized carbons (Fsp3) is 0.381. The molecule has 27 heavy (non-hydrogen) atoms. The Labute approximate surface area is 171 Å². The molecule has 0 saturated heterocycles. The summed E-state index contributed by atoms with van der Waals surface area (Å²) in [5.41, 5.74) is 18.4. The molecule has 3 rings (SSSR count). The number of allylic oxidation sites excluding steroid dienone is 1. The molecule has 6 heteroatoms. The second-order valence-electron chi connectivity index (χ2n) is 6.90. The first-order valence-electron chi connectivity index (χ1n) is 9.26. The van der Waals surface area contributed by atoms with Crippen LogP contribution in [0.2, 0.25) is 0 Å². The van der Waals surface area contributed by atoms with Gasteiger partial charge in [-0.05, 0) is 44.1 Å². The van der Waals surface area contributed by atoms with Crippen molar-refractivity contribution >= 4 is 40.8 Å². The molecule has 1 aromatic heterocycles. The maximum Gasteiger partial charge on any atom is 0.103 e. The SMILES string of the molecule is Cc1sc2c(c1C)C(c1ccc(/C=C/CCS)cc1)=NCC(N)N2C(C)N. The molecule has 2 heterocycles. The van der Waals surface area contributed by atoms with Crippen LogP contribution in [0.15, 0.2) is 35.3 Å². The minimum atomic E-state index is -0.220. The number of anilines is 1. The van der Waals surface area contributed by atoms with Crippen molar-refractivity contribution < 1.29 is 0 Å². The fourth-order valence-corrected chi connectivity index (χ4v) is 4.79. The molecule has 0 aliphatic carbocycles. The summed E-state index contributed by atoms with van der Waals surface area (Å²) in [4.78, 5) is 8.28. The van der Waals surface area contributed by atoms with Crippen LogP contribution >= 0.6 is 24.0 Å². The molecule has 1 aliphatic rings. The lowest BCUT2D eigenvalue weighted by Gasteiger charge is -2.31. The number of nitrogens with zero attached hydrogens (tertiary/aromatic N) is 2. The lowest BCUT2D eigenvalue weighted by Crippen LogP contribution is -2.52. The van der Waals surface area contributed by atoms with Gasteiger partial charge in [0.1, 0.15) is 5.00 Å². The molecular weight excluding hydrogens is 372 g/mol. The zero-order chi connectivity index (χ0) is 19.6. The van der Waals surface area contributed by atoms with Gasteiger partial charge in [0.25, 0.3) is 0 Å². The number of rotatable bonds is 5. The van der Waals surface area contributed by atoms with Crippen molar-refractivity contribution in [2.24, 2.45) is 16.5 Å². The number of nitrogens with two attached hydrogens (primary N) is 2. The summed E-state index contributed by atoms with van der Waals surface area (Å²) >= 11 is 5.99. The van der Waals surface area contributed by atoms with E-state index in [0.717, 1.165) is 28.4 Å². The number of hydrogen-bond acceptors (Lipinski definition) is 6. The number of aliphatic imine (C=N–C) groups is 1. The zero-order valence-electron chi connectivity index (χ0n) is 16.1. The Morgan fingerprint density at radius 1 is 1.33 bits per heavy atom. The van der Waals surface area contributed by atoms with Gasteiger partial charge in [0, 0.05) is 16.0 Å². The summed E-state index contributed by atoms with van der Waals surface area (Å²) in [6.45, 7) is 6.81. The maximum atomic E-state index is 6.42. The molecule has 2 atom stereocenters. The highest BCUT2D eigenvalue weighted by atomic mass is 32.1. The topological polar surface area (TPSA) is 67.6 Å². The van der Waals surface area contributed by atoms with E-state index in [9.17, 15) is 0 Å². The Balaban J connectivity index is 2.04. The predicted octanol–water partition coefficient (Wildman–Crippen LogP) is 3.94. The summed E-state index contributed by atoms with van der Waals surface area (Å²) in [6.07, 6.45) is 4.87. The summed E-state index contributed by atoms with van der Waals surface area (Å²) < 4.78 is 0. The van der Waals surface area contributed by atoms with Crippen molar-refractivity contribution in [3.05, 3.63) is 57.5 Å². The first-order chi connectivity index (χ1) is 12.9. The molecule has 4 nitrogen and oxygen atoms in total. The van der Waals surface area contributed by atoms with Crippen LogP contribution in [0.3, 0.4) is 0 Å². The average Bonchev–Trinajstić information content (AvgIpc) is 2.83. The Morgan fingerprint density at radius 3 is 2.67 bits per heavy atom. The van der Waals surface area contributed by atoms with E-state index < -0.39 is 0 Å². The van der Waals surface area contributed by atoms with Gasteiger partial charge in [-0.15, -0.1) is 11.3 Å². The lowest BCUT2D eigenvalue weighted by atomic mass is 9.98. The van der Waals surface area contributed by atoms with Crippen molar-refractivity contribution in [3.63, 3.8) is 0 Å². The van der Waals surface area contributed by atoms with Gasteiger partial charge in [-0.1, -0.05) is 36.4 Å². The van der Waals surface area contributed by atoms with E-state index >= 15 is 0 Å². The Bertz CT molecular complexity index is 850. The van der Waals surface area contributed by atoms with Gasteiger partial charge >= 0.3 is 0 Å². The molecule has 1 aliphatic heterocycles. The minimum absolute atomic E-state index is 0.162. The van der Waals surface area contributed by atoms with Crippen LogP contribution in [0.5, 0.6) is 0 Å². The number of hydrogen-bond donors (Lipinski definition) is 3. The monoisotopic (exact) mass is 400 g/mol. The number of fused-ring (bicyclic) bond motifs is 1. The van der Waals surface area contributed by atoms with Crippen molar-refractivity contribution in [2.75, 3.05) is 17.2 Å². The van der Waals surface area contributed by atoms with Crippen LogP contribution in [0.1, 0.15) is 40.5 Å². The lowest BCUT2D eigenvalue weighted by molar-refractivity contribution is 0.557. The summed E-state index contributed by atoms with van der Waals surface area (Å²) in [5, 5.41) is 1.13. The molecule has 4 N–H and O–H groups in total. The van der Waals surface area contributed by atoms with E-state index in [4.69, 9.17) is 16.5 Å². The van der Waals surface area contributed by atoms with Crippen LogP contribution in [0, 0.1) is 13.8 Å². The standard InChI is InChI=1S/C21H28N4S2/c1-13-14(2)27-21-19(13)20(24-12-18(23)25(21)15(3)22)17-9-7-16(8-10-17)6-4-5-11-26/h4,6-10,15,18,26H,5,11-12,22-23H2,1-3H3/b6-4+. The van der Waals surface area contributed by atoms with E-state index in [1.165, 1.54) is 21.6 Å². The van der Waals surface area contributed by atoms with Gasteiger partial charge in [-0.2, -0.15) is 12.6 Å². The largest absolute Gasteiger partial charge is 0.331 e. The third-order valence-electron chi connectivity index (χ3n) is 4.86. The fourth-order valence-electron chi connectivity index (χ4n) is 3.34. The Hall–Kier alpha value is -1.60. The molecule has 0 saturated carbocycles. The zero-order valence-corrected chi connectivity index (χ0v) is 17.9. The molecule has 0 bridgehead atoms. The molecular formula is C21H28N4S2. The number of aryl methyl sites for hydroxylation is 1. The second kappa shape index (κ2) is 8.61. The Morgan fingerprint density at radius 2 is 2.04 bits per heavy atom. The normalized spacial score (nSPS) is 18.4. The highest BCUT2D eigenvalue weighted by Gasteiger charge is 2.30. The van der Waals surface area contributed by atoms with Crippen LogP contribution < -0.4 is 16.4 Å². The first kappa shape index (κ1) is 20.1. The number of thiophene rings is 1. The molecule has 0 fully saturated rings. The molecule has 0 amide bonds. The van der Waals surface area contributed by atoms with E-state index in [-0.39, 0.29) is 12.3 Å². The molecule has 0 radical (unpaired) electrons.